The molecule has 2 aromatic rings. The lowest BCUT2D eigenvalue weighted by Crippen LogP contribution is -2.26. The van der Waals surface area contributed by atoms with E-state index in [1.807, 2.05) is 0 Å². The number of imidazole rings is 1. The molecule has 23 heavy (non-hydrogen) atoms. The molecule has 1 aromatic carbocycles. The van der Waals surface area contributed by atoms with E-state index in [-0.39, 0.29) is 18.3 Å². The van der Waals surface area contributed by atoms with Gasteiger partial charge in [-0.1, -0.05) is 29.3 Å². The maximum absolute atomic E-state index is 12.7. The lowest BCUT2D eigenvalue weighted by atomic mass is 10.2. The summed E-state index contributed by atoms with van der Waals surface area (Å²) in [4.78, 5) is 17.2. The zero-order chi connectivity index (χ0) is 17.0. The Hall–Kier alpha value is -1.92. The van der Waals surface area contributed by atoms with Crippen LogP contribution in [0.3, 0.4) is 0 Å². The summed E-state index contributed by atoms with van der Waals surface area (Å²) < 4.78 is 26.2. The second kappa shape index (κ2) is 7.57. The molecule has 122 valence electrons. The summed E-state index contributed by atoms with van der Waals surface area (Å²) in [5, 5.41) is 0.805. The highest BCUT2D eigenvalue weighted by Gasteiger charge is 2.14. The number of hydrogen-bond donors (Lipinski definition) is 0. The highest BCUT2D eigenvalue weighted by atomic mass is 35.5. The van der Waals surface area contributed by atoms with Crippen molar-refractivity contribution in [2.75, 3.05) is 7.05 Å². The molecule has 8 heteroatoms. The monoisotopic (exact) mass is 359 g/mol. The molecule has 0 fully saturated rings. The fourth-order valence-electron chi connectivity index (χ4n) is 1.84. The molecule has 0 saturated carbocycles. The number of alkyl halides is 2. The third kappa shape index (κ3) is 4.53. The number of aromatic nitrogens is 2. The standard InChI is InChI=1S/C15H13Cl2F2N3O/c1-21(9-13-20-6-7-22(13)15(18)19)14(23)5-3-10-2-4-11(16)12(17)8-10/h2-8,15H,9H2,1H3/b5-3+. The molecule has 0 unspecified atom stereocenters. The summed E-state index contributed by atoms with van der Waals surface area (Å²) >= 11 is 11.7. The van der Waals surface area contributed by atoms with Crippen molar-refractivity contribution in [2.24, 2.45) is 0 Å². The fraction of sp³-hybridized carbons (Fsp3) is 0.200. The molecule has 0 aliphatic carbocycles. The van der Waals surface area contributed by atoms with Crippen LogP contribution in [0.2, 0.25) is 10.0 Å². The number of carbonyl (C=O) groups is 1. The Kier molecular flexibility index (Phi) is 5.74. The van der Waals surface area contributed by atoms with Crippen molar-refractivity contribution in [3.05, 3.63) is 58.1 Å². The number of benzene rings is 1. The van der Waals surface area contributed by atoms with Crippen LogP contribution in [0.5, 0.6) is 0 Å². The van der Waals surface area contributed by atoms with Crippen molar-refractivity contribution in [3.63, 3.8) is 0 Å². The Morgan fingerprint density at radius 1 is 1.39 bits per heavy atom. The summed E-state index contributed by atoms with van der Waals surface area (Å²) in [6.45, 7) is -2.72. The van der Waals surface area contributed by atoms with Gasteiger partial charge in [0.2, 0.25) is 5.91 Å². The number of halogens is 4. The first kappa shape index (κ1) is 17.4. The van der Waals surface area contributed by atoms with Gasteiger partial charge in [-0.2, -0.15) is 8.78 Å². The molecule has 0 saturated heterocycles. The minimum absolute atomic E-state index is 0.0259. The Balaban J connectivity index is 2.03. The van der Waals surface area contributed by atoms with E-state index >= 15 is 0 Å². The fourth-order valence-corrected chi connectivity index (χ4v) is 2.15. The molecule has 0 radical (unpaired) electrons. The summed E-state index contributed by atoms with van der Waals surface area (Å²) in [6.07, 6.45) is 5.34. The van der Waals surface area contributed by atoms with Gasteiger partial charge in [0.1, 0.15) is 5.82 Å². The predicted molar refractivity (Wildman–Crippen MR) is 85.5 cm³/mol. The van der Waals surface area contributed by atoms with Gasteiger partial charge in [0.25, 0.3) is 0 Å². The first-order valence-corrected chi connectivity index (χ1v) is 7.32. The van der Waals surface area contributed by atoms with Crippen molar-refractivity contribution in [2.45, 2.75) is 13.1 Å². The summed E-state index contributed by atoms with van der Waals surface area (Å²) in [5.41, 5.74) is 0.704. The summed E-state index contributed by atoms with van der Waals surface area (Å²) in [6, 6.07) is 4.95. The number of rotatable bonds is 5. The van der Waals surface area contributed by atoms with Gasteiger partial charge in [0.15, 0.2) is 0 Å². The van der Waals surface area contributed by atoms with Gasteiger partial charge < -0.3 is 4.90 Å². The van der Waals surface area contributed by atoms with Crippen molar-refractivity contribution in [1.82, 2.24) is 14.5 Å². The number of carbonyl (C=O) groups excluding carboxylic acids is 1. The Bertz CT molecular complexity index is 731. The Morgan fingerprint density at radius 3 is 2.78 bits per heavy atom. The summed E-state index contributed by atoms with van der Waals surface area (Å²) in [7, 11) is 1.51. The average molecular weight is 360 g/mol. The molecular weight excluding hydrogens is 347 g/mol. The first-order chi connectivity index (χ1) is 10.9. The van der Waals surface area contributed by atoms with E-state index in [4.69, 9.17) is 23.2 Å². The van der Waals surface area contributed by atoms with Crippen LogP contribution in [-0.4, -0.2) is 27.4 Å². The third-order valence-electron chi connectivity index (χ3n) is 3.08. The lowest BCUT2D eigenvalue weighted by molar-refractivity contribution is -0.125. The van der Waals surface area contributed by atoms with Gasteiger partial charge in [-0.25, -0.2) is 4.98 Å². The molecule has 1 aromatic heterocycles. The molecule has 1 amide bonds. The second-order valence-corrected chi connectivity index (χ2v) is 5.54. The van der Waals surface area contributed by atoms with Crippen LogP contribution in [0.1, 0.15) is 17.9 Å². The minimum atomic E-state index is -2.69. The van der Waals surface area contributed by atoms with Gasteiger partial charge in [0, 0.05) is 25.5 Å². The molecule has 0 N–H and O–H groups in total. The van der Waals surface area contributed by atoms with Crippen LogP contribution in [0.4, 0.5) is 8.78 Å². The molecule has 0 aliphatic heterocycles. The maximum Gasteiger partial charge on any atom is 0.319 e. The highest BCUT2D eigenvalue weighted by Crippen LogP contribution is 2.23. The van der Waals surface area contributed by atoms with Crippen LogP contribution >= 0.6 is 23.2 Å². The van der Waals surface area contributed by atoms with E-state index in [0.29, 0.717) is 20.2 Å². The largest absolute Gasteiger partial charge is 0.335 e. The van der Waals surface area contributed by atoms with E-state index in [1.165, 1.54) is 30.4 Å². The van der Waals surface area contributed by atoms with Crippen molar-refractivity contribution < 1.29 is 13.6 Å². The lowest BCUT2D eigenvalue weighted by Gasteiger charge is -2.15. The normalized spacial score (nSPS) is 11.4. The van der Waals surface area contributed by atoms with Gasteiger partial charge >= 0.3 is 6.55 Å². The van der Waals surface area contributed by atoms with E-state index in [9.17, 15) is 13.6 Å². The zero-order valence-corrected chi connectivity index (χ0v) is 13.6. The summed E-state index contributed by atoms with van der Waals surface area (Å²) in [5.74, 6) is -0.237. The predicted octanol–water partition coefficient (Wildman–Crippen LogP) is 4.26. The number of nitrogens with zero attached hydrogens (tertiary/aromatic N) is 3. The number of hydrogen-bond acceptors (Lipinski definition) is 2. The molecule has 0 spiro atoms. The number of amides is 1. The second-order valence-electron chi connectivity index (χ2n) is 4.73. The topological polar surface area (TPSA) is 38.1 Å². The van der Waals surface area contributed by atoms with Crippen LogP contribution in [0.25, 0.3) is 6.08 Å². The van der Waals surface area contributed by atoms with E-state index < -0.39 is 6.55 Å². The molecule has 1 heterocycles. The van der Waals surface area contributed by atoms with Crippen LogP contribution in [0.15, 0.2) is 36.7 Å². The van der Waals surface area contributed by atoms with E-state index in [2.05, 4.69) is 4.98 Å². The maximum atomic E-state index is 12.7. The Morgan fingerprint density at radius 2 is 2.13 bits per heavy atom. The molecule has 0 aliphatic rings. The van der Waals surface area contributed by atoms with Gasteiger partial charge in [-0.15, -0.1) is 0 Å². The smallest absolute Gasteiger partial charge is 0.319 e. The van der Waals surface area contributed by atoms with Crippen LogP contribution < -0.4 is 0 Å². The van der Waals surface area contributed by atoms with Crippen LogP contribution in [-0.2, 0) is 11.3 Å². The highest BCUT2D eigenvalue weighted by molar-refractivity contribution is 6.42. The number of likely N-dealkylation sites (N-methyl/N-ethyl adjacent to an activating group) is 1. The molecular formula is C15H13Cl2F2N3O. The van der Waals surface area contributed by atoms with E-state index in [1.54, 1.807) is 24.3 Å². The van der Waals surface area contributed by atoms with Crippen molar-refractivity contribution >= 4 is 35.2 Å². The average Bonchev–Trinajstić information content (AvgIpc) is 2.96. The SMILES string of the molecule is CN(Cc1nccn1C(F)F)C(=O)/C=C/c1ccc(Cl)c(Cl)c1. The molecule has 2 rings (SSSR count). The van der Waals surface area contributed by atoms with Crippen LogP contribution in [0, 0.1) is 0 Å². The van der Waals surface area contributed by atoms with Gasteiger partial charge in [0.05, 0.1) is 16.6 Å². The minimum Gasteiger partial charge on any atom is -0.335 e. The quantitative estimate of drug-likeness (QED) is 0.748. The first-order valence-electron chi connectivity index (χ1n) is 6.56. The molecule has 4 nitrogen and oxygen atoms in total. The van der Waals surface area contributed by atoms with Crippen molar-refractivity contribution in [3.8, 4) is 0 Å². The van der Waals surface area contributed by atoms with Gasteiger partial charge in [-0.05, 0) is 23.8 Å². The molecule has 0 bridgehead atoms. The Labute approximate surface area is 141 Å². The molecule has 0 atom stereocenters. The van der Waals surface area contributed by atoms with E-state index in [0.717, 1.165) is 0 Å². The zero-order valence-electron chi connectivity index (χ0n) is 12.1. The van der Waals surface area contributed by atoms with Crippen molar-refractivity contribution in [1.29, 1.82) is 0 Å². The third-order valence-corrected chi connectivity index (χ3v) is 3.82. The van der Waals surface area contributed by atoms with Gasteiger partial charge in [-0.3, -0.25) is 9.36 Å².